The molecule has 2 bridgehead atoms. The normalized spacial score (nSPS) is 34.2. The number of rotatable bonds is 5. The molecule has 5 aliphatic rings. The highest BCUT2D eigenvalue weighted by Crippen LogP contribution is 2.65. The van der Waals surface area contributed by atoms with E-state index in [-0.39, 0.29) is 41.3 Å². The molecule has 0 radical (unpaired) electrons. The lowest BCUT2D eigenvalue weighted by molar-refractivity contribution is -0.152. The molecule has 1 heterocycles. The maximum atomic E-state index is 12.8. The molecule has 0 unspecified atom stereocenters. The number of carbonyl (C=O) groups is 4. The number of ketones is 1. The summed E-state index contributed by atoms with van der Waals surface area (Å²) in [5.74, 6) is -1.11. The van der Waals surface area contributed by atoms with Crippen LogP contribution in [0.15, 0.2) is 36.4 Å². The predicted molar refractivity (Wildman–Crippen MR) is 98.2 cm³/mol. The number of allylic oxidation sites excluding steroid dienone is 2. The fourth-order valence-corrected chi connectivity index (χ4v) is 5.34. The zero-order chi connectivity index (χ0) is 19.6. The van der Waals surface area contributed by atoms with Crippen LogP contribution in [0.4, 0.5) is 0 Å². The summed E-state index contributed by atoms with van der Waals surface area (Å²) in [6, 6.07) is 6.25. The summed E-state index contributed by atoms with van der Waals surface area (Å²) in [7, 11) is 0. The van der Waals surface area contributed by atoms with Gasteiger partial charge >= 0.3 is 5.97 Å². The van der Waals surface area contributed by atoms with Gasteiger partial charge in [0, 0.05) is 10.6 Å². The van der Waals surface area contributed by atoms with Crippen molar-refractivity contribution in [2.24, 2.45) is 35.5 Å². The molecule has 1 aliphatic heterocycles. The Bertz CT molecular complexity index is 887. The van der Waals surface area contributed by atoms with Gasteiger partial charge in [0.05, 0.1) is 11.8 Å². The van der Waals surface area contributed by atoms with Crippen molar-refractivity contribution in [3.8, 4) is 0 Å². The average molecular weight is 400 g/mol. The highest BCUT2D eigenvalue weighted by molar-refractivity contribution is 6.30. The van der Waals surface area contributed by atoms with E-state index in [0.29, 0.717) is 22.4 Å². The summed E-state index contributed by atoms with van der Waals surface area (Å²) in [6.07, 6.45) is 5.25. The second-order valence-electron chi connectivity index (χ2n) is 8.01. The van der Waals surface area contributed by atoms with Crippen LogP contribution in [-0.4, -0.2) is 41.6 Å². The zero-order valence-corrected chi connectivity index (χ0v) is 15.7. The summed E-state index contributed by atoms with van der Waals surface area (Å²) in [6.45, 7) is -0.881. The third-order valence-corrected chi connectivity index (χ3v) is 6.82. The molecule has 1 aromatic carbocycles. The first-order chi connectivity index (χ1) is 13.5. The number of nitrogens with zero attached hydrogens (tertiary/aromatic N) is 1. The van der Waals surface area contributed by atoms with Crippen molar-refractivity contribution < 1.29 is 23.9 Å². The van der Waals surface area contributed by atoms with E-state index in [1.807, 2.05) is 0 Å². The van der Waals surface area contributed by atoms with E-state index in [2.05, 4.69) is 12.2 Å². The standard InChI is InChI=1S/C21H18ClNO5/c22-11-3-1-10(2-4-11)16(24)9-28-17(25)8-23-20(26)18-12-5-6-13(15-7-14(12)15)19(18)21(23)27/h1-6,12-15,18-19H,7-9H2/t12-,13-,14-,15-,18-,19-/m1/s1. The molecule has 144 valence electrons. The van der Waals surface area contributed by atoms with Gasteiger partial charge in [-0.05, 0) is 54.4 Å². The molecule has 0 aromatic heterocycles. The van der Waals surface area contributed by atoms with Gasteiger partial charge in [0.1, 0.15) is 6.54 Å². The number of likely N-dealkylation sites (tertiary alicyclic amines) is 1. The lowest BCUT2D eigenvalue weighted by Crippen LogP contribution is -2.40. The molecule has 2 amide bonds. The first-order valence-electron chi connectivity index (χ1n) is 9.43. The number of ether oxygens (including phenoxy) is 1. The number of Topliss-reactive ketones (excluding diaryl/α,β-unsaturated/α-hetero) is 1. The Kier molecular flexibility index (Phi) is 3.95. The van der Waals surface area contributed by atoms with Crippen molar-refractivity contribution >= 4 is 35.2 Å². The van der Waals surface area contributed by atoms with Crippen LogP contribution in [-0.2, 0) is 19.1 Å². The number of benzene rings is 1. The minimum atomic E-state index is -0.756. The van der Waals surface area contributed by atoms with E-state index in [1.165, 1.54) is 0 Å². The highest BCUT2D eigenvalue weighted by atomic mass is 35.5. The Balaban J connectivity index is 1.21. The van der Waals surface area contributed by atoms with Gasteiger partial charge < -0.3 is 4.74 Å². The molecule has 6 atom stereocenters. The van der Waals surface area contributed by atoms with E-state index in [1.54, 1.807) is 24.3 Å². The molecule has 0 spiro atoms. The van der Waals surface area contributed by atoms with Crippen molar-refractivity contribution in [1.82, 2.24) is 4.90 Å². The van der Waals surface area contributed by atoms with Crippen LogP contribution >= 0.6 is 11.6 Å². The third kappa shape index (κ3) is 2.62. The van der Waals surface area contributed by atoms with Crippen molar-refractivity contribution in [2.45, 2.75) is 6.42 Å². The second kappa shape index (κ2) is 6.27. The molecule has 2 saturated carbocycles. The summed E-state index contributed by atoms with van der Waals surface area (Å²) < 4.78 is 5.02. The smallest absolute Gasteiger partial charge is 0.326 e. The summed E-state index contributed by atoms with van der Waals surface area (Å²) in [5, 5.41) is 0.502. The van der Waals surface area contributed by atoms with Crippen LogP contribution in [0.25, 0.3) is 0 Å². The largest absolute Gasteiger partial charge is 0.456 e. The van der Waals surface area contributed by atoms with Gasteiger partial charge in [0.25, 0.3) is 0 Å². The summed E-state index contributed by atoms with van der Waals surface area (Å²) in [4.78, 5) is 50.9. The number of esters is 1. The van der Waals surface area contributed by atoms with E-state index in [4.69, 9.17) is 16.3 Å². The van der Waals surface area contributed by atoms with Gasteiger partial charge in [0.15, 0.2) is 12.4 Å². The van der Waals surface area contributed by atoms with Crippen LogP contribution in [0.2, 0.25) is 5.02 Å². The number of hydrogen-bond acceptors (Lipinski definition) is 5. The first-order valence-corrected chi connectivity index (χ1v) is 9.81. The molecule has 3 fully saturated rings. The maximum absolute atomic E-state index is 12.8. The molecule has 7 heteroatoms. The number of carbonyl (C=O) groups excluding carboxylic acids is 4. The van der Waals surface area contributed by atoms with Gasteiger partial charge in [0.2, 0.25) is 11.8 Å². The fourth-order valence-electron chi connectivity index (χ4n) is 5.21. The van der Waals surface area contributed by atoms with Gasteiger partial charge in [-0.2, -0.15) is 0 Å². The van der Waals surface area contributed by atoms with Crippen molar-refractivity contribution in [3.05, 3.63) is 47.0 Å². The quantitative estimate of drug-likeness (QED) is 0.328. The molecule has 4 aliphatic carbocycles. The number of halogens is 1. The monoisotopic (exact) mass is 399 g/mol. The minimum absolute atomic E-state index is 0.115. The van der Waals surface area contributed by atoms with Gasteiger partial charge in [-0.15, -0.1) is 0 Å². The maximum Gasteiger partial charge on any atom is 0.326 e. The molecular formula is C21H18ClNO5. The average Bonchev–Trinajstić information content (AvgIpc) is 3.48. The third-order valence-electron chi connectivity index (χ3n) is 6.57. The van der Waals surface area contributed by atoms with Crippen LogP contribution < -0.4 is 0 Å². The van der Waals surface area contributed by atoms with Crippen LogP contribution in [0, 0.1) is 35.5 Å². The van der Waals surface area contributed by atoms with E-state index < -0.39 is 19.1 Å². The zero-order valence-electron chi connectivity index (χ0n) is 14.9. The first kappa shape index (κ1) is 17.6. The Hall–Kier alpha value is -2.47. The highest BCUT2D eigenvalue weighted by Gasteiger charge is 2.67. The van der Waals surface area contributed by atoms with Gasteiger partial charge in [-0.1, -0.05) is 23.8 Å². The van der Waals surface area contributed by atoms with Crippen molar-refractivity contribution in [3.63, 3.8) is 0 Å². The van der Waals surface area contributed by atoms with Crippen LogP contribution in [0.3, 0.4) is 0 Å². The summed E-state index contributed by atoms with van der Waals surface area (Å²) >= 11 is 5.78. The SMILES string of the molecule is O=C(CN1C(=O)[C@@H]2[C@@H]3C=C[C@H]([C@H]4C[C@H]34)[C@H]2C1=O)OCC(=O)c1ccc(Cl)cc1. The number of imide groups is 1. The number of hydrogen-bond donors (Lipinski definition) is 0. The van der Waals surface area contributed by atoms with Crippen LogP contribution in [0.1, 0.15) is 16.8 Å². The Morgan fingerprint density at radius 1 is 1.00 bits per heavy atom. The molecule has 6 nitrogen and oxygen atoms in total. The van der Waals surface area contributed by atoms with Crippen molar-refractivity contribution in [2.75, 3.05) is 13.2 Å². The minimum Gasteiger partial charge on any atom is -0.456 e. The predicted octanol–water partition coefficient (Wildman–Crippen LogP) is 2.12. The van der Waals surface area contributed by atoms with E-state index in [0.717, 1.165) is 11.3 Å². The van der Waals surface area contributed by atoms with E-state index in [9.17, 15) is 19.2 Å². The Morgan fingerprint density at radius 3 is 2.14 bits per heavy atom. The number of amides is 2. The molecule has 6 rings (SSSR count). The summed E-state index contributed by atoms with van der Waals surface area (Å²) in [5.41, 5.74) is 0.374. The van der Waals surface area contributed by atoms with Crippen LogP contribution in [0.5, 0.6) is 0 Å². The molecule has 28 heavy (non-hydrogen) atoms. The van der Waals surface area contributed by atoms with Gasteiger partial charge in [-0.3, -0.25) is 24.1 Å². The molecule has 1 saturated heterocycles. The second-order valence-corrected chi connectivity index (χ2v) is 8.44. The molecule has 1 aromatic rings. The fraction of sp³-hybridized carbons (Fsp3) is 0.429. The topological polar surface area (TPSA) is 80.8 Å². The lowest BCUT2D eigenvalue weighted by Gasteiger charge is -2.37. The lowest BCUT2D eigenvalue weighted by atomic mass is 9.63. The molecular weight excluding hydrogens is 382 g/mol. The van der Waals surface area contributed by atoms with E-state index >= 15 is 0 Å². The Morgan fingerprint density at radius 2 is 1.57 bits per heavy atom. The molecule has 0 N–H and O–H groups in total. The Labute approximate surface area is 166 Å². The van der Waals surface area contributed by atoms with Gasteiger partial charge in [-0.25, -0.2) is 0 Å². The van der Waals surface area contributed by atoms with Crippen molar-refractivity contribution in [1.29, 1.82) is 0 Å².